The molecule has 7 nitrogen and oxygen atoms in total. The van der Waals surface area contributed by atoms with Crippen molar-refractivity contribution in [1.82, 2.24) is 24.6 Å². The number of aromatic amines is 2. The molecule has 3 heterocycles. The number of aromatic nitrogens is 5. The first-order chi connectivity index (χ1) is 10.9. The summed E-state index contributed by atoms with van der Waals surface area (Å²) < 4.78 is 1.69. The van der Waals surface area contributed by atoms with Crippen molar-refractivity contribution in [3.8, 4) is 11.3 Å². The molecule has 1 fully saturated rings. The highest BCUT2D eigenvalue weighted by molar-refractivity contribution is 5.62. The smallest absolute Gasteiger partial charge is 0.313 e. The van der Waals surface area contributed by atoms with Gasteiger partial charge in [0.2, 0.25) is 0 Å². The van der Waals surface area contributed by atoms with Gasteiger partial charge >= 0.3 is 5.69 Å². The Bertz CT molecular complexity index is 1000. The minimum absolute atomic E-state index is 0.340. The van der Waals surface area contributed by atoms with Crippen LogP contribution in [0.3, 0.4) is 0 Å². The lowest BCUT2D eigenvalue weighted by atomic mass is 9.62. The summed E-state index contributed by atoms with van der Waals surface area (Å²) in [5.41, 5.74) is 2.18. The summed E-state index contributed by atoms with van der Waals surface area (Å²) in [7, 11) is 0. The maximum atomic E-state index is 12.0. The van der Waals surface area contributed by atoms with Gasteiger partial charge in [0, 0.05) is 24.2 Å². The molecule has 0 radical (unpaired) electrons. The minimum atomic E-state index is -0.525. The topological polar surface area (TPSA) is 95.9 Å². The second kappa shape index (κ2) is 4.65. The average Bonchev–Trinajstić information content (AvgIpc) is 2.92. The molecule has 0 spiro atoms. The maximum Gasteiger partial charge on any atom is 0.325 e. The van der Waals surface area contributed by atoms with Crippen molar-refractivity contribution >= 4 is 5.65 Å². The largest absolute Gasteiger partial charge is 0.325 e. The van der Waals surface area contributed by atoms with E-state index in [1.807, 2.05) is 6.07 Å². The Kier molecular flexibility index (Phi) is 2.81. The molecule has 118 valence electrons. The number of nitrogens with one attached hydrogen (secondary N) is 2. The van der Waals surface area contributed by atoms with Crippen molar-refractivity contribution in [3.05, 3.63) is 51.1 Å². The molecular formula is C16H17N5O2. The quantitative estimate of drug-likeness (QED) is 0.752. The van der Waals surface area contributed by atoms with E-state index in [4.69, 9.17) is 0 Å². The average molecular weight is 311 g/mol. The zero-order valence-corrected chi connectivity index (χ0v) is 13.0. The maximum absolute atomic E-state index is 12.0. The molecule has 3 aromatic rings. The van der Waals surface area contributed by atoms with Crippen LogP contribution in [-0.4, -0.2) is 24.6 Å². The van der Waals surface area contributed by atoms with Crippen LogP contribution in [0.4, 0.5) is 0 Å². The van der Waals surface area contributed by atoms with Crippen LogP contribution in [0.25, 0.3) is 16.9 Å². The SMILES string of the molecule is CC1(C)CC(c2cc(-c3c[nH]c(=O)[nH]c3=O)nn3ccnc23)C1. The van der Waals surface area contributed by atoms with Crippen LogP contribution in [0.2, 0.25) is 0 Å². The predicted molar refractivity (Wildman–Crippen MR) is 85.4 cm³/mol. The van der Waals surface area contributed by atoms with Gasteiger partial charge in [-0.2, -0.15) is 5.10 Å². The Morgan fingerprint density at radius 1 is 1.30 bits per heavy atom. The number of nitrogens with zero attached hydrogens (tertiary/aromatic N) is 3. The van der Waals surface area contributed by atoms with Gasteiger partial charge in [0.05, 0.1) is 11.3 Å². The van der Waals surface area contributed by atoms with Crippen molar-refractivity contribution in [3.63, 3.8) is 0 Å². The normalized spacial score (nSPS) is 17.3. The summed E-state index contributed by atoms with van der Waals surface area (Å²) in [6, 6.07) is 1.92. The fraction of sp³-hybridized carbons (Fsp3) is 0.375. The third kappa shape index (κ3) is 2.28. The Hall–Kier alpha value is -2.70. The van der Waals surface area contributed by atoms with Crippen LogP contribution in [0.15, 0.2) is 34.2 Å². The third-order valence-electron chi connectivity index (χ3n) is 4.52. The Morgan fingerprint density at radius 3 is 2.78 bits per heavy atom. The first kappa shape index (κ1) is 13.9. The first-order valence-corrected chi connectivity index (χ1v) is 7.60. The molecule has 0 saturated heterocycles. The molecule has 7 heteroatoms. The summed E-state index contributed by atoms with van der Waals surface area (Å²) in [6.07, 6.45) is 7.05. The molecule has 4 rings (SSSR count). The minimum Gasteiger partial charge on any atom is -0.313 e. The lowest BCUT2D eigenvalue weighted by Gasteiger charge is -2.43. The Morgan fingerprint density at radius 2 is 2.09 bits per heavy atom. The van der Waals surface area contributed by atoms with E-state index >= 15 is 0 Å². The van der Waals surface area contributed by atoms with Gasteiger partial charge in [-0.25, -0.2) is 14.3 Å². The summed E-state index contributed by atoms with van der Waals surface area (Å²) in [5.74, 6) is 0.415. The van der Waals surface area contributed by atoms with E-state index in [9.17, 15) is 9.59 Å². The zero-order chi connectivity index (χ0) is 16.2. The lowest BCUT2D eigenvalue weighted by molar-refractivity contribution is 0.152. The van der Waals surface area contributed by atoms with Crippen LogP contribution in [0.1, 0.15) is 38.2 Å². The molecule has 3 aromatic heterocycles. The van der Waals surface area contributed by atoms with Gasteiger partial charge in [-0.1, -0.05) is 13.8 Å². The van der Waals surface area contributed by atoms with E-state index in [-0.39, 0.29) is 0 Å². The Balaban J connectivity index is 1.88. The molecule has 0 amide bonds. The molecule has 0 bridgehead atoms. The zero-order valence-electron chi connectivity index (χ0n) is 13.0. The van der Waals surface area contributed by atoms with Crippen LogP contribution in [-0.2, 0) is 0 Å². The van der Waals surface area contributed by atoms with Gasteiger partial charge in [0.25, 0.3) is 5.56 Å². The van der Waals surface area contributed by atoms with E-state index in [2.05, 4.69) is 33.9 Å². The van der Waals surface area contributed by atoms with Crippen LogP contribution >= 0.6 is 0 Å². The van der Waals surface area contributed by atoms with Crippen molar-refractivity contribution in [2.24, 2.45) is 5.41 Å². The van der Waals surface area contributed by atoms with Gasteiger partial charge in [-0.05, 0) is 30.2 Å². The fourth-order valence-corrected chi connectivity index (χ4v) is 3.47. The van der Waals surface area contributed by atoms with E-state index in [0.29, 0.717) is 22.6 Å². The van der Waals surface area contributed by atoms with Gasteiger partial charge in [0.1, 0.15) is 0 Å². The van der Waals surface area contributed by atoms with Gasteiger partial charge in [-0.15, -0.1) is 0 Å². The van der Waals surface area contributed by atoms with Crippen LogP contribution < -0.4 is 11.2 Å². The van der Waals surface area contributed by atoms with E-state index in [1.54, 1.807) is 16.9 Å². The standard InChI is InChI=1S/C16H17N5O2/c1-16(2)6-9(7-16)10-5-12(20-21-4-3-17-13(10)21)11-8-18-15(23)19-14(11)22/h3-5,8-9H,6-7H2,1-2H3,(H2,18,19,22,23). The molecule has 1 aliphatic rings. The molecular weight excluding hydrogens is 294 g/mol. The van der Waals surface area contributed by atoms with E-state index in [0.717, 1.165) is 24.1 Å². The highest BCUT2D eigenvalue weighted by atomic mass is 16.2. The van der Waals surface area contributed by atoms with Crippen LogP contribution in [0, 0.1) is 5.41 Å². The second-order valence-electron chi connectivity index (χ2n) is 6.94. The third-order valence-corrected chi connectivity index (χ3v) is 4.52. The van der Waals surface area contributed by atoms with Gasteiger partial charge in [-0.3, -0.25) is 9.78 Å². The molecule has 0 atom stereocenters. The second-order valence-corrected chi connectivity index (χ2v) is 6.94. The van der Waals surface area contributed by atoms with E-state index < -0.39 is 11.2 Å². The van der Waals surface area contributed by atoms with Crippen LogP contribution in [0.5, 0.6) is 0 Å². The number of H-pyrrole nitrogens is 2. The molecule has 0 aliphatic heterocycles. The van der Waals surface area contributed by atoms with E-state index in [1.165, 1.54) is 6.20 Å². The number of hydrogen-bond donors (Lipinski definition) is 2. The van der Waals surface area contributed by atoms with Crippen molar-refractivity contribution in [1.29, 1.82) is 0 Å². The molecule has 0 aromatic carbocycles. The Labute approximate surface area is 131 Å². The number of fused-ring (bicyclic) bond motifs is 1. The number of hydrogen-bond acceptors (Lipinski definition) is 4. The summed E-state index contributed by atoms with van der Waals surface area (Å²) in [4.78, 5) is 32.4. The molecule has 1 aliphatic carbocycles. The fourth-order valence-electron chi connectivity index (χ4n) is 3.47. The molecule has 2 N–H and O–H groups in total. The van der Waals surface area contributed by atoms with Gasteiger partial charge in [0.15, 0.2) is 5.65 Å². The molecule has 23 heavy (non-hydrogen) atoms. The highest BCUT2D eigenvalue weighted by Crippen LogP contribution is 2.51. The van der Waals surface area contributed by atoms with Crippen molar-refractivity contribution < 1.29 is 0 Å². The summed E-state index contributed by atoms with van der Waals surface area (Å²) >= 11 is 0. The molecule has 1 saturated carbocycles. The number of imidazole rings is 1. The van der Waals surface area contributed by atoms with Crippen molar-refractivity contribution in [2.45, 2.75) is 32.6 Å². The van der Waals surface area contributed by atoms with Crippen molar-refractivity contribution in [2.75, 3.05) is 0 Å². The summed E-state index contributed by atoms with van der Waals surface area (Å²) in [6.45, 7) is 4.50. The lowest BCUT2D eigenvalue weighted by Crippen LogP contribution is -2.30. The molecule has 0 unspecified atom stereocenters. The summed E-state index contributed by atoms with van der Waals surface area (Å²) in [5, 5.41) is 4.45. The first-order valence-electron chi connectivity index (χ1n) is 7.60. The highest BCUT2D eigenvalue weighted by Gasteiger charge is 2.38. The van der Waals surface area contributed by atoms with Gasteiger partial charge < -0.3 is 4.98 Å². The monoisotopic (exact) mass is 311 g/mol. The predicted octanol–water partition coefficient (Wildman–Crippen LogP) is 1.68. The number of rotatable bonds is 2.